The van der Waals surface area contributed by atoms with Crippen LogP contribution < -0.4 is 4.74 Å². The van der Waals surface area contributed by atoms with E-state index in [0.29, 0.717) is 5.75 Å². The SMILES string of the molecule is COc1ccc(C#N)c(-n2cc([N+](=O)[O-])c(C(=O)O)n2)c1. The van der Waals surface area contributed by atoms with E-state index in [1.165, 1.54) is 25.3 Å². The molecule has 9 heteroatoms. The van der Waals surface area contributed by atoms with E-state index < -0.39 is 22.3 Å². The van der Waals surface area contributed by atoms with Crippen molar-refractivity contribution in [1.29, 1.82) is 5.26 Å². The van der Waals surface area contributed by atoms with Crippen molar-refractivity contribution in [3.63, 3.8) is 0 Å². The zero-order valence-electron chi connectivity index (χ0n) is 10.7. The van der Waals surface area contributed by atoms with Gasteiger partial charge in [-0.25, -0.2) is 9.48 Å². The summed E-state index contributed by atoms with van der Waals surface area (Å²) in [5, 5.41) is 32.5. The van der Waals surface area contributed by atoms with Crippen molar-refractivity contribution in [1.82, 2.24) is 9.78 Å². The minimum Gasteiger partial charge on any atom is -0.497 e. The van der Waals surface area contributed by atoms with Crippen molar-refractivity contribution in [2.24, 2.45) is 0 Å². The molecule has 0 aliphatic carbocycles. The molecule has 106 valence electrons. The largest absolute Gasteiger partial charge is 0.497 e. The Labute approximate surface area is 117 Å². The maximum absolute atomic E-state index is 11.0. The lowest BCUT2D eigenvalue weighted by molar-refractivity contribution is -0.385. The molecule has 0 spiro atoms. The average Bonchev–Trinajstić information content (AvgIpc) is 2.92. The van der Waals surface area contributed by atoms with E-state index in [1.807, 2.05) is 6.07 Å². The summed E-state index contributed by atoms with van der Waals surface area (Å²) in [7, 11) is 1.42. The van der Waals surface area contributed by atoms with Crippen LogP contribution in [0, 0.1) is 21.4 Å². The summed E-state index contributed by atoms with van der Waals surface area (Å²) in [5.74, 6) is -1.12. The predicted octanol–water partition coefficient (Wildman–Crippen LogP) is 1.36. The number of nitrogens with zero attached hydrogens (tertiary/aromatic N) is 4. The topological polar surface area (TPSA) is 131 Å². The van der Waals surface area contributed by atoms with E-state index in [-0.39, 0.29) is 11.3 Å². The number of benzene rings is 1. The molecule has 0 unspecified atom stereocenters. The van der Waals surface area contributed by atoms with Crippen molar-refractivity contribution >= 4 is 11.7 Å². The van der Waals surface area contributed by atoms with Gasteiger partial charge in [0.15, 0.2) is 0 Å². The Morgan fingerprint density at radius 1 is 1.57 bits per heavy atom. The van der Waals surface area contributed by atoms with Gasteiger partial charge in [-0.05, 0) is 12.1 Å². The van der Waals surface area contributed by atoms with Crippen LogP contribution in [0.1, 0.15) is 16.1 Å². The monoisotopic (exact) mass is 288 g/mol. The molecule has 1 aromatic carbocycles. The zero-order valence-corrected chi connectivity index (χ0v) is 10.7. The van der Waals surface area contributed by atoms with Gasteiger partial charge in [0.25, 0.3) is 0 Å². The molecule has 0 aliphatic heterocycles. The Morgan fingerprint density at radius 2 is 2.29 bits per heavy atom. The summed E-state index contributed by atoms with van der Waals surface area (Å²) in [6.07, 6.45) is 0.944. The summed E-state index contributed by atoms with van der Waals surface area (Å²) in [6.45, 7) is 0. The van der Waals surface area contributed by atoms with Crippen LogP contribution >= 0.6 is 0 Å². The Kier molecular flexibility index (Phi) is 3.53. The second kappa shape index (κ2) is 5.30. The quantitative estimate of drug-likeness (QED) is 0.663. The number of aromatic carboxylic acids is 1. The van der Waals surface area contributed by atoms with Crippen molar-refractivity contribution in [3.8, 4) is 17.5 Å². The van der Waals surface area contributed by atoms with Crippen LogP contribution in [0.4, 0.5) is 5.69 Å². The number of carbonyl (C=O) groups is 1. The number of nitriles is 1. The van der Waals surface area contributed by atoms with Crippen LogP contribution in [0.5, 0.6) is 5.75 Å². The second-order valence-electron chi connectivity index (χ2n) is 3.86. The van der Waals surface area contributed by atoms with Crippen LogP contribution in [0.25, 0.3) is 5.69 Å². The third-order valence-corrected chi connectivity index (χ3v) is 2.67. The molecule has 2 rings (SSSR count). The molecular formula is C12H8N4O5. The summed E-state index contributed by atoms with van der Waals surface area (Å²) in [6, 6.07) is 6.32. The Morgan fingerprint density at radius 3 is 2.76 bits per heavy atom. The first-order valence-electron chi connectivity index (χ1n) is 5.53. The first kappa shape index (κ1) is 14.0. The molecule has 0 saturated heterocycles. The zero-order chi connectivity index (χ0) is 15.6. The second-order valence-corrected chi connectivity index (χ2v) is 3.86. The Hall–Kier alpha value is -3.41. The minimum absolute atomic E-state index is 0.171. The highest BCUT2D eigenvalue weighted by atomic mass is 16.6. The molecule has 1 heterocycles. The van der Waals surface area contributed by atoms with Gasteiger partial charge >= 0.3 is 11.7 Å². The smallest absolute Gasteiger partial charge is 0.363 e. The Balaban J connectivity index is 2.67. The predicted molar refractivity (Wildman–Crippen MR) is 68.4 cm³/mol. The fraction of sp³-hybridized carbons (Fsp3) is 0.0833. The lowest BCUT2D eigenvalue weighted by atomic mass is 10.2. The normalized spacial score (nSPS) is 9.90. The third kappa shape index (κ3) is 2.50. The highest BCUT2D eigenvalue weighted by molar-refractivity contribution is 5.90. The number of nitro groups is 1. The molecule has 0 amide bonds. The molecule has 1 aromatic heterocycles. The minimum atomic E-state index is -1.53. The van der Waals surface area contributed by atoms with E-state index in [9.17, 15) is 14.9 Å². The fourth-order valence-corrected chi connectivity index (χ4v) is 1.70. The number of rotatable bonds is 4. The molecule has 2 aromatic rings. The number of methoxy groups -OCH3 is 1. The molecule has 1 N–H and O–H groups in total. The lowest BCUT2D eigenvalue weighted by Gasteiger charge is -2.06. The van der Waals surface area contributed by atoms with E-state index in [0.717, 1.165) is 10.9 Å². The maximum Gasteiger partial charge on any atom is 0.363 e. The molecule has 0 bridgehead atoms. The van der Waals surface area contributed by atoms with Gasteiger partial charge < -0.3 is 9.84 Å². The molecule has 0 aliphatic rings. The van der Waals surface area contributed by atoms with Gasteiger partial charge in [0, 0.05) is 6.07 Å². The number of hydrogen-bond donors (Lipinski definition) is 1. The van der Waals surface area contributed by atoms with Gasteiger partial charge in [-0.3, -0.25) is 10.1 Å². The van der Waals surface area contributed by atoms with E-state index in [4.69, 9.17) is 15.1 Å². The first-order chi connectivity index (χ1) is 9.97. The summed E-state index contributed by atoms with van der Waals surface area (Å²) >= 11 is 0. The van der Waals surface area contributed by atoms with Gasteiger partial charge in [-0.15, -0.1) is 0 Å². The van der Waals surface area contributed by atoms with E-state index in [2.05, 4.69) is 5.10 Å². The lowest BCUT2D eigenvalue weighted by Crippen LogP contribution is -2.04. The van der Waals surface area contributed by atoms with Crippen LogP contribution in [-0.4, -0.2) is 32.9 Å². The molecule has 0 atom stereocenters. The summed E-state index contributed by atoms with van der Waals surface area (Å²) in [5.41, 5.74) is -1.00. The standard InChI is InChI=1S/C12H8N4O5/c1-21-8-3-2-7(5-13)9(4-8)15-6-10(16(19)20)11(14-15)12(17)18/h2-4,6H,1H3,(H,17,18). The number of carboxylic acids is 1. The molecule has 9 nitrogen and oxygen atoms in total. The van der Waals surface area contributed by atoms with Gasteiger partial charge in [0.1, 0.15) is 18.0 Å². The highest BCUT2D eigenvalue weighted by Gasteiger charge is 2.26. The molecule has 21 heavy (non-hydrogen) atoms. The van der Waals surface area contributed by atoms with Gasteiger partial charge in [0.2, 0.25) is 5.69 Å². The number of carboxylic acid groups (broad SMARTS) is 1. The molecule has 0 radical (unpaired) electrons. The van der Waals surface area contributed by atoms with Crippen LogP contribution in [0.3, 0.4) is 0 Å². The number of ether oxygens (including phenoxy) is 1. The van der Waals surface area contributed by atoms with Crippen LogP contribution in [-0.2, 0) is 0 Å². The van der Waals surface area contributed by atoms with Crippen LogP contribution in [0.15, 0.2) is 24.4 Å². The fourth-order valence-electron chi connectivity index (χ4n) is 1.70. The maximum atomic E-state index is 11.0. The van der Waals surface area contributed by atoms with Gasteiger partial charge in [-0.1, -0.05) is 0 Å². The first-order valence-corrected chi connectivity index (χ1v) is 5.53. The van der Waals surface area contributed by atoms with E-state index in [1.54, 1.807) is 0 Å². The third-order valence-electron chi connectivity index (χ3n) is 2.67. The molecule has 0 saturated carbocycles. The average molecular weight is 288 g/mol. The van der Waals surface area contributed by atoms with Crippen molar-refractivity contribution in [2.75, 3.05) is 7.11 Å². The van der Waals surface area contributed by atoms with Crippen molar-refractivity contribution < 1.29 is 19.6 Å². The molecule has 0 fully saturated rings. The van der Waals surface area contributed by atoms with Gasteiger partial charge in [-0.2, -0.15) is 10.4 Å². The molecular weight excluding hydrogens is 280 g/mol. The van der Waals surface area contributed by atoms with Crippen molar-refractivity contribution in [2.45, 2.75) is 0 Å². The van der Waals surface area contributed by atoms with Gasteiger partial charge in [0.05, 0.1) is 23.3 Å². The highest BCUT2D eigenvalue weighted by Crippen LogP contribution is 2.24. The number of hydrogen-bond acceptors (Lipinski definition) is 6. The number of aromatic nitrogens is 2. The van der Waals surface area contributed by atoms with E-state index >= 15 is 0 Å². The summed E-state index contributed by atoms with van der Waals surface area (Å²) < 4.78 is 5.98. The van der Waals surface area contributed by atoms with Crippen molar-refractivity contribution in [3.05, 3.63) is 45.8 Å². The summed E-state index contributed by atoms with van der Waals surface area (Å²) in [4.78, 5) is 21.0. The van der Waals surface area contributed by atoms with Crippen LogP contribution in [0.2, 0.25) is 0 Å². The Bertz CT molecular complexity index is 743.